The quantitative estimate of drug-likeness (QED) is 0.808. The second kappa shape index (κ2) is 7.29. The van der Waals surface area contributed by atoms with E-state index in [4.69, 9.17) is 22.3 Å². The maximum Gasteiger partial charge on any atom is 0.261 e. The van der Waals surface area contributed by atoms with Gasteiger partial charge in [-0.2, -0.15) is 0 Å². The molecule has 1 aromatic carbocycles. The van der Waals surface area contributed by atoms with Crippen LogP contribution in [0, 0.1) is 5.92 Å². The topological polar surface area (TPSA) is 63.2 Å². The van der Waals surface area contributed by atoms with Gasteiger partial charge in [-0.3, -0.25) is 4.79 Å². The monoisotopic (exact) mass is 337 g/mol. The summed E-state index contributed by atoms with van der Waals surface area (Å²) in [4.78, 5) is 11.9. The molecule has 7 heteroatoms. The molecule has 1 N–H and O–H groups in total. The summed E-state index contributed by atoms with van der Waals surface area (Å²) in [6.45, 7) is 4.63. The zero-order chi connectivity index (χ0) is 15.3. The lowest BCUT2D eigenvalue weighted by molar-refractivity contribution is 0.0946. The molecule has 1 amide bonds. The largest absolute Gasteiger partial charge is 0.352 e. The molecule has 0 saturated heterocycles. The van der Waals surface area contributed by atoms with Crippen molar-refractivity contribution in [1.29, 1.82) is 0 Å². The summed E-state index contributed by atoms with van der Waals surface area (Å²) in [5.41, 5.74) is 0.111. The van der Waals surface area contributed by atoms with Crippen molar-refractivity contribution in [3.05, 3.63) is 28.8 Å². The molecular formula is C13H17Cl2NO3S. The molecule has 20 heavy (non-hydrogen) atoms. The van der Waals surface area contributed by atoms with E-state index in [2.05, 4.69) is 5.32 Å². The van der Waals surface area contributed by atoms with E-state index in [-0.39, 0.29) is 15.5 Å². The average molecular weight is 338 g/mol. The number of halogens is 2. The summed E-state index contributed by atoms with van der Waals surface area (Å²) >= 11 is 5.93. The highest BCUT2D eigenvalue weighted by Crippen LogP contribution is 2.23. The van der Waals surface area contributed by atoms with Crippen LogP contribution < -0.4 is 5.32 Å². The Morgan fingerprint density at radius 1 is 1.30 bits per heavy atom. The van der Waals surface area contributed by atoms with Gasteiger partial charge in [0.05, 0.1) is 15.5 Å². The fourth-order valence-corrected chi connectivity index (χ4v) is 2.72. The molecule has 0 unspecified atom stereocenters. The van der Waals surface area contributed by atoms with Crippen molar-refractivity contribution in [3.63, 3.8) is 0 Å². The highest BCUT2D eigenvalue weighted by atomic mass is 35.7. The van der Waals surface area contributed by atoms with Crippen LogP contribution in [0.2, 0.25) is 5.02 Å². The Hall–Kier alpha value is -0.780. The van der Waals surface area contributed by atoms with Crippen molar-refractivity contribution in [2.24, 2.45) is 5.92 Å². The molecule has 0 bridgehead atoms. The van der Waals surface area contributed by atoms with Crippen LogP contribution in [0.1, 0.15) is 37.0 Å². The molecule has 0 aliphatic carbocycles. The third-order valence-corrected chi connectivity index (χ3v) is 4.85. The van der Waals surface area contributed by atoms with Gasteiger partial charge in [0.25, 0.3) is 15.0 Å². The van der Waals surface area contributed by atoms with E-state index >= 15 is 0 Å². The maximum absolute atomic E-state index is 12.0. The minimum Gasteiger partial charge on any atom is -0.352 e. The van der Waals surface area contributed by atoms with Crippen molar-refractivity contribution in [2.75, 3.05) is 6.54 Å². The lowest BCUT2D eigenvalue weighted by Crippen LogP contribution is -2.29. The van der Waals surface area contributed by atoms with Crippen molar-refractivity contribution in [2.45, 2.75) is 31.6 Å². The fourth-order valence-electron chi connectivity index (χ4n) is 1.74. The summed E-state index contributed by atoms with van der Waals surface area (Å²) < 4.78 is 22.5. The second-order valence-electron chi connectivity index (χ2n) is 4.47. The van der Waals surface area contributed by atoms with Crippen molar-refractivity contribution in [3.8, 4) is 0 Å². The zero-order valence-electron chi connectivity index (χ0n) is 11.3. The van der Waals surface area contributed by atoms with Crippen LogP contribution in [0.3, 0.4) is 0 Å². The first-order valence-electron chi connectivity index (χ1n) is 6.32. The molecule has 0 aliphatic rings. The summed E-state index contributed by atoms with van der Waals surface area (Å²) in [6, 6.07) is 3.80. The van der Waals surface area contributed by atoms with Crippen molar-refractivity contribution < 1.29 is 13.2 Å². The van der Waals surface area contributed by atoms with Crippen molar-refractivity contribution in [1.82, 2.24) is 5.32 Å². The van der Waals surface area contributed by atoms with Crippen molar-refractivity contribution >= 4 is 37.2 Å². The number of carbonyl (C=O) groups excluding carboxylic acids is 1. The van der Waals surface area contributed by atoms with E-state index in [1.54, 1.807) is 0 Å². The summed E-state index contributed by atoms with van der Waals surface area (Å²) in [5.74, 6) is -0.0123. The summed E-state index contributed by atoms with van der Waals surface area (Å²) in [6.07, 6.45) is 1.92. The van der Waals surface area contributed by atoms with Gasteiger partial charge in [-0.1, -0.05) is 38.3 Å². The Morgan fingerprint density at radius 3 is 2.40 bits per heavy atom. The molecular weight excluding hydrogens is 321 g/mol. The van der Waals surface area contributed by atoms with E-state index in [0.29, 0.717) is 12.5 Å². The molecule has 0 aliphatic heterocycles. The predicted octanol–water partition coefficient (Wildman–Crippen LogP) is 3.43. The van der Waals surface area contributed by atoms with Gasteiger partial charge in [0.15, 0.2) is 0 Å². The molecule has 0 fully saturated rings. The number of hydrogen-bond donors (Lipinski definition) is 1. The highest BCUT2D eigenvalue weighted by molar-refractivity contribution is 8.13. The predicted molar refractivity (Wildman–Crippen MR) is 80.9 cm³/mol. The Morgan fingerprint density at radius 2 is 1.90 bits per heavy atom. The Labute approximate surface area is 128 Å². The van der Waals surface area contributed by atoms with Gasteiger partial charge >= 0.3 is 0 Å². The molecule has 0 saturated carbocycles. The van der Waals surface area contributed by atoms with Gasteiger partial charge in [0.2, 0.25) is 0 Å². The van der Waals surface area contributed by atoms with E-state index < -0.39 is 15.0 Å². The lowest BCUT2D eigenvalue weighted by atomic mass is 10.0. The normalized spacial score (nSPS) is 11.7. The molecule has 0 atom stereocenters. The third kappa shape index (κ3) is 4.65. The lowest BCUT2D eigenvalue weighted by Gasteiger charge is -2.14. The Bertz CT molecular complexity index is 583. The van der Waals surface area contributed by atoms with Crippen LogP contribution in [0.5, 0.6) is 0 Å². The second-order valence-corrected chi connectivity index (χ2v) is 7.45. The van der Waals surface area contributed by atoms with Crippen LogP contribution in [0.15, 0.2) is 23.1 Å². The molecule has 0 aromatic heterocycles. The average Bonchev–Trinajstić information content (AvgIpc) is 2.38. The third-order valence-electron chi connectivity index (χ3n) is 3.17. The van der Waals surface area contributed by atoms with Gasteiger partial charge in [0, 0.05) is 17.2 Å². The number of hydrogen-bond acceptors (Lipinski definition) is 3. The molecule has 1 rings (SSSR count). The van der Waals surface area contributed by atoms with Gasteiger partial charge < -0.3 is 5.32 Å². The molecule has 1 aromatic rings. The smallest absolute Gasteiger partial charge is 0.261 e. The van der Waals surface area contributed by atoms with E-state index in [9.17, 15) is 13.2 Å². The first kappa shape index (κ1) is 17.3. The van der Waals surface area contributed by atoms with Crippen LogP contribution in [0.25, 0.3) is 0 Å². The van der Waals surface area contributed by atoms with Gasteiger partial charge in [0.1, 0.15) is 0 Å². The zero-order valence-corrected chi connectivity index (χ0v) is 13.6. The molecule has 4 nitrogen and oxygen atoms in total. The molecule has 0 spiro atoms. The minimum absolute atomic E-state index is 0.111. The van der Waals surface area contributed by atoms with Crippen LogP contribution in [-0.2, 0) is 9.05 Å². The van der Waals surface area contributed by atoms with Gasteiger partial charge in [-0.25, -0.2) is 8.42 Å². The molecule has 0 heterocycles. The SMILES string of the molecule is CCC(CC)CNC(=O)c1cc(S(=O)(=O)Cl)ccc1Cl. The molecule has 0 radical (unpaired) electrons. The number of amides is 1. The first-order chi connectivity index (χ1) is 9.29. The van der Waals surface area contributed by atoms with Crippen LogP contribution in [-0.4, -0.2) is 20.9 Å². The molecule has 112 valence electrons. The first-order valence-corrected chi connectivity index (χ1v) is 9.00. The number of nitrogens with one attached hydrogen (secondary N) is 1. The minimum atomic E-state index is -3.88. The maximum atomic E-state index is 12.0. The summed E-state index contributed by atoms with van der Waals surface area (Å²) in [7, 11) is 1.37. The van der Waals surface area contributed by atoms with E-state index in [0.717, 1.165) is 12.8 Å². The van der Waals surface area contributed by atoms with Gasteiger partial charge in [-0.05, 0) is 24.1 Å². The van der Waals surface area contributed by atoms with Crippen LogP contribution in [0.4, 0.5) is 0 Å². The number of benzene rings is 1. The van der Waals surface area contributed by atoms with Gasteiger partial charge in [-0.15, -0.1) is 0 Å². The summed E-state index contributed by atoms with van der Waals surface area (Å²) in [5, 5.41) is 2.95. The Balaban J connectivity index is 2.93. The fraction of sp³-hybridized carbons (Fsp3) is 0.462. The number of rotatable bonds is 6. The number of carbonyl (C=O) groups is 1. The van der Waals surface area contributed by atoms with Crippen LogP contribution >= 0.6 is 22.3 Å². The standard InChI is InChI=1S/C13H17Cl2NO3S/c1-3-9(4-2)8-16-13(17)11-7-10(20(15,18)19)5-6-12(11)14/h5-7,9H,3-4,8H2,1-2H3,(H,16,17). The highest BCUT2D eigenvalue weighted by Gasteiger charge is 2.17. The Kier molecular flexibility index (Phi) is 6.30. The van der Waals surface area contributed by atoms with E-state index in [1.165, 1.54) is 18.2 Å². The van der Waals surface area contributed by atoms with E-state index in [1.807, 2.05) is 13.8 Å².